The minimum absolute atomic E-state index is 0.0795. The molecule has 10 heteroatoms. The van der Waals surface area contributed by atoms with Crippen molar-refractivity contribution in [1.29, 1.82) is 0 Å². The highest BCUT2D eigenvalue weighted by molar-refractivity contribution is 7.20. The van der Waals surface area contributed by atoms with Gasteiger partial charge in [-0.3, -0.25) is 18.8 Å². The van der Waals surface area contributed by atoms with E-state index in [9.17, 15) is 14.4 Å². The summed E-state index contributed by atoms with van der Waals surface area (Å²) in [7, 11) is 1.54. The van der Waals surface area contributed by atoms with Crippen LogP contribution in [0.2, 0.25) is 0 Å². The van der Waals surface area contributed by atoms with E-state index in [4.69, 9.17) is 14.2 Å². The Morgan fingerprint density at radius 2 is 1.95 bits per heavy atom. The van der Waals surface area contributed by atoms with E-state index >= 15 is 0 Å². The summed E-state index contributed by atoms with van der Waals surface area (Å²) in [6.07, 6.45) is 1.58. The van der Waals surface area contributed by atoms with Crippen LogP contribution in [-0.2, 0) is 9.53 Å². The van der Waals surface area contributed by atoms with Crippen LogP contribution in [0.25, 0.3) is 15.9 Å². The van der Waals surface area contributed by atoms with E-state index in [-0.39, 0.29) is 18.6 Å². The van der Waals surface area contributed by atoms with Crippen molar-refractivity contribution in [2.75, 3.05) is 20.3 Å². The highest BCUT2D eigenvalue weighted by Gasteiger charge is 2.24. The summed E-state index contributed by atoms with van der Waals surface area (Å²) in [6, 6.07) is 9.80. The van der Waals surface area contributed by atoms with Crippen molar-refractivity contribution in [2.24, 2.45) is 5.92 Å². The summed E-state index contributed by atoms with van der Waals surface area (Å²) < 4.78 is 18.0. The maximum Gasteiger partial charge on any atom is 0.308 e. The highest BCUT2D eigenvalue weighted by atomic mass is 32.1. The van der Waals surface area contributed by atoms with Gasteiger partial charge in [-0.05, 0) is 55.2 Å². The Morgan fingerprint density at radius 1 is 1.16 bits per heavy atom. The second kappa shape index (κ2) is 11.6. The Kier molecular flexibility index (Phi) is 8.31. The van der Waals surface area contributed by atoms with Gasteiger partial charge in [-0.25, -0.2) is 4.98 Å². The van der Waals surface area contributed by atoms with E-state index < -0.39 is 17.9 Å². The van der Waals surface area contributed by atoms with Crippen molar-refractivity contribution in [1.82, 2.24) is 14.7 Å². The predicted molar refractivity (Wildman–Crippen MR) is 146 cm³/mol. The van der Waals surface area contributed by atoms with E-state index in [1.165, 1.54) is 11.5 Å². The second-order valence-corrected chi connectivity index (χ2v) is 10.3. The van der Waals surface area contributed by atoms with E-state index in [2.05, 4.69) is 10.3 Å². The first-order valence-electron chi connectivity index (χ1n) is 12.4. The lowest BCUT2D eigenvalue weighted by Crippen LogP contribution is -2.30. The van der Waals surface area contributed by atoms with Gasteiger partial charge in [-0.1, -0.05) is 26.0 Å². The van der Waals surface area contributed by atoms with E-state index in [0.29, 0.717) is 50.3 Å². The molecule has 3 aromatic heterocycles. The number of ether oxygens (including phenoxy) is 3. The number of nitrogens with zero attached hydrogens (tertiary/aromatic N) is 2. The van der Waals surface area contributed by atoms with Crippen LogP contribution in [-0.4, -0.2) is 41.6 Å². The Hall–Kier alpha value is -3.92. The zero-order chi connectivity index (χ0) is 27.4. The Balaban J connectivity index is 1.66. The van der Waals surface area contributed by atoms with Crippen LogP contribution in [0.3, 0.4) is 0 Å². The fraction of sp³-hybridized carbons (Fsp3) is 0.357. The number of esters is 1. The standard InChI is InChI=1S/C28H31N3O6S/c1-6-36-24(32)14-20(18-9-10-21(22(12-18)35-5)37-15-16(2)3)29-26(33)23-13-19-27(38-23)30-25-17(4)8-7-11-31(25)28(19)34/h7-13,16,20H,6,14-15H2,1-5H3,(H,29,33)/t20-/m1/s1. The van der Waals surface area contributed by atoms with Gasteiger partial charge >= 0.3 is 5.97 Å². The summed E-state index contributed by atoms with van der Waals surface area (Å²) in [6.45, 7) is 8.45. The molecule has 3 heterocycles. The topological polar surface area (TPSA) is 108 Å². The Labute approximate surface area is 224 Å². The Bertz CT molecular complexity index is 1540. The number of benzene rings is 1. The van der Waals surface area contributed by atoms with Crippen molar-refractivity contribution >= 4 is 39.1 Å². The number of carbonyl (C=O) groups is 2. The average Bonchev–Trinajstić information content (AvgIpc) is 3.33. The zero-order valence-electron chi connectivity index (χ0n) is 22.1. The number of aryl methyl sites for hydroxylation is 1. The third kappa shape index (κ3) is 5.80. The first kappa shape index (κ1) is 27.1. The molecule has 4 aromatic rings. The molecule has 0 fully saturated rings. The van der Waals surface area contributed by atoms with Gasteiger partial charge < -0.3 is 19.5 Å². The third-order valence-electron chi connectivity index (χ3n) is 5.90. The molecule has 0 unspecified atom stereocenters. The fourth-order valence-electron chi connectivity index (χ4n) is 4.01. The molecular formula is C28H31N3O6S. The van der Waals surface area contributed by atoms with Gasteiger partial charge in [0.1, 0.15) is 10.5 Å². The summed E-state index contributed by atoms with van der Waals surface area (Å²) >= 11 is 1.13. The SMILES string of the molecule is CCOC(=O)C[C@@H](NC(=O)c1cc2c(=O)n3cccc(C)c3nc2s1)c1ccc(OCC(C)C)c(OC)c1. The number of thiophene rings is 1. The molecule has 1 amide bonds. The fourth-order valence-corrected chi connectivity index (χ4v) is 4.94. The van der Waals surface area contributed by atoms with Gasteiger partial charge in [0, 0.05) is 6.20 Å². The minimum Gasteiger partial charge on any atom is -0.493 e. The smallest absolute Gasteiger partial charge is 0.308 e. The molecule has 0 aliphatic rings. The van der Waals surface area contributed by atoms with Crippen LogP contribution in [0.4, 0.5) is 0 Å². The quantitative estimate of drug-likeness (QED) is 0.293. The van der Waals surface area contributed by atoms with Crippen LogP contribution in [0, 0.1) is 12.8 Å². The van der Waals surface area contributed by atoms with Crippen molar-refractivity contribution in [3.8, 4) is 11.5 Å². The average molecular weight is 538 g/mol. The number of aromatic nitrogens is 2. The molecule has 0 bridgehead atoms. The second-order valence-electron chi connectivity index (χ2n) is 9.28. The van der Waals surface area contributed by atoms with Crippen LogP contribution in [0.15, 0.2) is 47.4 Å². The van der Waals surface area contributed by atoms with Gasteiger partial charge in [0.2, 0.25) is 0 Å². The first-order chi connectivity index (χ1) is 18.2. The molecule has 4 rings (SSSR count). The first-order valence-corrected chi connectivity index (χ1v) is 13.2. The van der Waals surface area contributed by atoms with E-state index in [1.54, 1.807) is 43.5 Å². The lowest BCUT2D eigenvalue weighted by molar-refractivity contribution is -0.143. The molecule has 0 saturated heterocycles. The van der Waals surface area contributed by atoms with Crippen LogP contribution in [0.5, 0.6) is 11.5 Å². The molecule has 0 spiro atoms. The number of pyridine rings is 1. The molecule has 0 aliphatic carbocycles. The monoisotopic (exact) mass is 537 g/mol. The van der Waals surface area contributed by atoms with E-state index in [0.717, 1.165) is 16.9 Å². The van der Waals surface area contributed by atoms with Gasteiger partial charge in [-0.2, -0.15) is 0 Å². The lowest BCUT2D eigenvalue weighted by Gasteiger charge is -2.20. The third-order valence-corrected chi connectivity index (χ3v) is 6.93. The van der Waals surface area contributed by atoms with Crippen LogP contribution >= 0.6 is 11.3 Å². The van der Waals surface area contributed by atoms with Crippen molar-refractivity contribution in [3.63, 3.8) is 0 Å². The molecule has 1 aromatic carbocycles. The summed E-state index contributed by atoms with van der Waals surface area (Å²) in [4.78, 5) is 44.2. The number of hydrogen-bond donors (Lipinski definition) is 1. The van der Waals surface area contributed by atoms with Crippen LogP contribution in [0.1, 0.15) is 54.0 Å². The molecular weight excluding hydrogens is 506 g/mol. The number of rotatable bonds is 10. The maximum absolute atomic E-state index is 13.4. The molecule has 200 valence electrons. The van der Waals surface area contributed by atoms with E-state index in [1.807, 2.05) is 26.8 Å². The number of fused-ring (bicyclic) bond motifs is 2. The molecule has 0 saturated carbocycles. The maximum atomic E-state index is 13.4. The van der Waals surface area contributed by atoms with Crippen molar-refractivity contribution < 1.29 is 23.8 Å². The van der Waals surface area contributed by atoms with Gasteiger partial charge in [0.15, 0.2) is 11.5 Å². The largest absolute Gasteiger partial charge is 0.493 e. The van der Waals surface area contributed by atoms with Gasteiger partial charge in [0.25, 0.3) is 11.5 Å². The number of nitrogens with one attached hydrogen (secondary N) is 1. The minimum atomic E-state index is -0.699. The summed E-state index contributed by atoms with van der Waals surface area (Å²) in [5.41, 5.74) is 1.82. The molecule has 0 radical (unpaired) electrons. The molecule has 9 nitrogen and oxygen atoms in total. The zero-order valence-corrected chi connectivity index (χ0v) is 22.9. The molecule has 1 N–H and O–H groups in total. The normalized spacial score (nSPS) is 12.1. The van der Waals surface area contributed by atoms with Crippen molar-refractivity contribution in [3.05, 3.63) is 69.0 Å². The van der Waals surface area contributed by atoms with Gasteiger partial charge in [0.05, 0.1) is 43.0 Å². The lowest BCUT2D eigenvalue weighted by atomic mass is 10.0. The molecule has 1 atom stereocenters. The number of methoxy groups -OCH3 is 1. The van der Waals surface area contributed by atoms with Crippen molar-refractivity contribution in [2.45, 2.75) is 40.2 Å². The van der Waals surface area contributed by atoms with Crippen LogP contribution < -0.4 is 20.3 Å². The number of hydrogen-bond acceptors (Lipinski definition) is 8. The number of amides is 1. The number of carbonyl (C=O) groups excluding carboxylic acids is 2. The Morgan fingerprint density at radius 3 is 2.66 bits per heavy atom. The summed E-state index contributed by atoms with van der Waals surface area (Å²) in [5, 5.41) is 3.29. The molecule has 0 aliphatic heterocycles. The highest BCUT2D eigenvalue weighted by Crippen LogP contribution is 2.32. The predicted octanol–water partition coefficient (Wildman–Crippen LogP) is 4.69. The molecule has 38 heavy (non-hydrogen) atoms. The summed E-state index contributed by atoms with van der Waals surface area (Å²) in [5.74, 6) is 0.527. The van der Waals surface area contributed by atoms with Gasteiger partial charge in [-0.15, -0.1) is 11.3 Å².